The molecule has 5 rings (SSSR count). The quantitative estimate of drug-likeness (QED) is 0.423. The molecule has 3 aromatic heterocycles. The molecule has 1 aliphatic heterocycles. The number of nitrogens with one attached hydrogen (secondary N) is 2. The van der Waals surface area contributed by atoms with Gasteiger partial charge < -0.3 is 20.5 Å². The van der Waals surface area contributed by atoms with Gasteiger partial charge in [0.25, 0.3) is 0 Å². The van der Waals surface area contributed by atoms with Gasteiger partial charge in [0, 0.05) is 47.3 Å². The van der Waals surface area contributed by atoms with Crippen molar-refractivity contribution in [1.29, 1.82) is 0 Å². The number of aromatic amines is 1. The van der Waals surface area contributed by atoms with Crippen LogP contribution in [0.25, 0.3) is 28.0 Å². The summed E-state index contributed by atoms with van der Waals surface area (Å²) in [6.45, 7) is 7.56. The fourth-order valence-electron chi connectivity index (χ4n) is 3.94. The molecule has 0 saturated carbocycles. The summed E-state index contributed by atoms with van der Waals surface area (Å²) >= 11 is 6.03. The highest BCUT2D eigenvalue weighted by molar-refractivity contribution is 6.31. The van der Waals surface area contributed by atoms with Gasteiger partial charge in [-0.2, -0.15) is 0 Å². The van der Waals surface area contributed by atoms with Crippen LogP contribution in [0.3, 0.4) is 0 Å². The summed E-state index contributed by atoms with van der Waals surface area (Å²) in [5, 5.41) is 4.90. The number of halogens is 2. The molecule has 33 heavy (non-hydrogen) atoms. The Morgan fingerprint density at radius 3 is 2.85 bits per heavy atom. The third-order valence-electron chi connectivity index (χ3n) is 5.66. The van der Waals surface area contributed by atoms with E-state index in [1.54, 1.807) is 18.3 Å². The first-order valence-corrected chi connectivity index (χ1v) is 10.9. The molecule has 1 atom stereocenters. The van der Waals surface area contributed by atoms with E-state index in [9.17, 15) is 4.39 Å². The number of benzene rings is 1. The molecule has 4 heterocycles. The van der Waals surface area contributed by atoms with Crippen molar-refractivity contribution in [3.05, 3.63) is 83.0 Å². The Morgan fingerprint density at radius 1 is 1.27 bits per heavy atom. The SMILES string of the molecule is C=C(NCCc1cc2c(c(-c3ccc(F)cc3)n1)OCC2C)c1cc2cc(Cl)cnc2[nH]1.O. The maximum absolute atomic E-state index is 13.4. The zero-order chi connectivity index (χ0) is 22.2. The van der Waals surface area contributed by atoms with Crippen molar-refractivity contribution < 1.29 is 14.6 Å². The van der Waals surface area contributed by atoms with E-state index in [4.69, 9.17) is 21.3 Å². The third kappa shape index (κ3) is 4.55. The summed E-state index contributed by atoms with van der Waals surface area (Å²) in [7, 11) is 0. The van der Waals surface area contributed by atoms with Crippen LogP contribution in [0.5, 0.6) is 5.75 Å². The normalized spacial score (nSPS) is 14.5. The van der Waals surface area contributed by atoms with Crippen LogP contribution in [0, 0.1) is 5.82 Å². The van der Waals surface area contributed by atoms with Crippen LogP contribution < -0.4 is 10.1 Å². The zero-order valence-corrected chi connectivity index (χ0v) is 18.8. The number of pyridine rings is 2. The summed E-state index contributed by atoms with van der Waals surface area (Å²) in [6.07, 6.45) is 2.32. The molecular weight excluding hydrogens is 443 g/mol. The summed E-state index contributed by atoms with van der Waals surface area (Å²) < 4.78 is 19.3. The van der Waals surface area contributed by atoms with Crippen LogP contribution >= 0.6 is 11.6 Å². The molecule has 0 bridgehead atoms. The molecule has 1 aromatic carbocycles. The molecule has 6 nitrogen and oxygen atoms in total. The second-order valence-electron chi connectivity index (χ2n) is 8.03. The molecule has 0 saturated heterocycles. The Labute approximate surface area is 195 Å². The minimum Gasteiger partial charge on any atom is -0.490 e. The average Bonchev–Trinajstić information content (AvgIpc) is 3.37. The van der Waals surface area contributed by atoms with Crippen molar-refractivity contribution >= 4 is 28.3 Å². The lowest BCUT2D eigenvalue weighted by Crippen LogP contribution is -2.16. The highest BCUT2D eigenvalue weighted by Gasteiger charge is 2.26. The molecule has 4 N–H and O–H groups in total. The van der Waals surface area contributed by atoms with E-state index in [1.807, 2.05) is 12.1 Å². The number of nitrogens with zero attached hydrogens (tertiary/aromatic N) is 2. The van der Waals surface area contributed by atoms with Crippen molar-refractivity contribution in [1.82, 2.24) is 20.3 Å². The molecular formula is C25H24ClFN4O2. The number of ether oxygens (including phenoxy) is 1. The molecule has 0 fully saturated rings. The molecule has 4 aromatic rings. The Bertz CT molecular complexity index is 1320. The summed E-state index contributed by atoms with van der Waals surface area (Å²) in [5.74, 6) is 0.821. The van der Waals surface area contributed by atoms with Crippen LogP contribution in [0.2, 0.25) is 5.02 Å². The van der Waals surface area contributed by atoms with Crippen LogP contribution in [-0.4, -0.2) is 33.6 Å². The van der Waals surface area contributed by atoms with Gasteiger partial charge in [-0.3, -0.25) is 0 Å². The minimum absolute atomic E-state index is 0. The lowest BCUT2D eigenvalue weighted by atomic mass is 9.99. The maximum Gasteiger partial charge on any atom is 0.149 e. The van der Waals surface area contributed by atoms with E-state index < -0.39 is 0 Å². The smallest absolute Gasteiger partial charge is 0.149 e. The zero-order valence-electron chi connectivity index (χ0n) is 18.1. The van der Waals surface area contributed by atoms with E-state index in [0.29, 0.717) is 30.5 Å². The monoisotopic (exact) mass is 466 g/mol. The van der Waals surface area contributed by atoms with Gasteiger partial charge in [-0.15, -0.1) is 0 Å². The van der Waals surface area contributed by atoms with Crippen molar-refractivity contribution in [2.75, 3.05) is 13.2 Å². The number of H-pyrrole nitrogens is 1. The van der Waals surface area contributed by atoms with Gasteiger partial charge in [-0.1, -0.05) is 25.1 Å². The number of hydrogen-bond donors (Lipinski definition) is 2. The Balaban J connectivity index is 0.00000259. The molecule has 1 unspecified atom stereocenters. The Hall–Kier alpha value is -3.42. The number of fused-ring (bicyclic) bond motifs is 2. The molecule has 0 radical (unpaired) electrons. The predicted molar refractivity (Wildman–Crippen MR) is 129 cm³/mol. The second kappa shape index (κ2) is 9.21. The van der Waals surface area contributed by atoms with Crippen molar-refractivity contribution in [3.63, 3.8) is 0 Å². The topological polar surface area (TPSA) is 94.3 Å². The van der Waals surface area contributed by atoms with Gasteiger partial charge in [0.05, 0.1) is 23.0 Å². The van der Waals surface area contributed by atoms with Gasteiger partial charge >= 0.3 is 0 Å². The highest BCUT2D eigenvalue weighted by Crippen LogP contribution is 2.41. The molecule has 0 spiro atoms. The molecule has 8 heteroatoms. The first-order chi connectivity index (χ1) is 15.5. The number of hydrogen-bond acceptors (Lipinski definition) is 4. The van der Waals surface area contributed by atoms with Crippen LogP contribution in [0.15, 0.2) is 55.2 Å². The Kier molecular flexibility index (Phi) is 6.35. The van der Waals surface area contributed by atoms with Gasteiger partial charge in [0.2, 0.25) is 0 Å². The second-order valence-corrected chi connectivity index (χ2v) is 8.47. The summed E-state index contributed by atoms with van der Waals surface area (Å²) in [6, 6.07) is 12.3. The van der Waals surface area contributed by atoms with E-state index in [1.165, 1.54) is 12.1 Å². The largest absolute Gasteiger partial charge is 0.490 e. The van der Waals surface area contributed by atoms with Crippen LogP contribution in [-0.2, 0) is 6.42 Å². The average molecular weight is 467 g/mol. The van der Waals surface area contributed by atoms with E-state index in [-0.39, 0.29) is 11.3 Å². The van der Waals surface area contributed by atoms with Crippen molar-refractivity contribution in [2.24, 2.45) is 0 Å². The highest BCUT2D eigenvalue weighted by atomic mass is 35.5. The summed E-state index contributed by atoms with van der Waals surface area (Å²) in [4.78, 5) is 12.4. The van der Waals surface area contributed by atoms with Crippen LogP contribution in [0.4, 0.5) is 4.39 Å². The van der Waals surface area contributed by atoms with Gasteiger partial charge in [-0.25, -0.2) is 14.4 Å². The first-order valence-electron chi connectivity index (χ1n) is 10.5. The van der Waals surface area contributed by atoms with E-state index >= 15 is 0 Å². The maximum atomic E-state index is 13.4. The standard InChI is InChI=1S/C25H22ClFN4O.H2O/c1-14-13-32-24-21(14)11-20(30-23(24)16-3-5-19(27)6-4-16)7-8-28-15(2)22-10-17-9-18(26)12-29-25(17)31-22;/h3-6,9-12,14,28H,2,7-8,13H2,1H3,(H,29,31);1H2. The van der Waals surface area contributed by atoms with Crippen LogP contribution in [0.1, 0.15) is 29.8 Å². The molecule has 0 aliphatic carbocycles. The van der Waals surface area contributed by atoms with Gasteiger partial charge in [-0.05, 0) is 42.5 Å². The first kappa shape index (κ1) is 22.8. The number of aromatic nitrogens is 3. The van der Waals surface area contributed by atoms with Gasteiger partial charge in [0.1, 0.15) is 22.9 Å². The minimum atomic E-state index is -0.270. The van der Waals surface area contributed by atoms with Crippen molar-refractivity contribution in [2.45, 2.75) is 19.3 Å². The lowest BCUT2D eigenvalue weighted by molar-refractivity contribution is 0.337. The van der Waals surface area contributed by atoms with E-state index in [2.05, 4.69) is 34.9 Å². The predicted octanol–water partition coefficient (Wildman–Crippen LogP) is 4.89. The molecule has 0 amide bonds. The van der Waals surface area contributed by atoms with Gasteiger partial charge in [0.15, 0.2) is 0 Å². The molecule has 170 valence electrons. The fraction of sp³-hybridized carbons (Fsp3) is 0.200. The lowest BCUT2D eigenvalue weighted by Gasteiger charge is -2.12. The third-order valence-corrected chi connectivity index (χ3v) is 5.87. The van der Waals surface area contributed by atoms with Crippen molar-refractivity contribution in [3.8, 4) is 17.0 Å². The molecule has 1 aliphatic rings. The number of rotatable bonds is 6. The summed E-state index contributed by atoms with van der Waals surface area (Å²) in [5.41, 5.74) is 6.11. The Morgan fingerprint density at radius 2 is 2.06 bits per heavy atom. The van der Waals surface area contributed by atoms with E-state index in [0.717, 1.165) is 50.7 Å². The fourth-order valence-corrected chi connectivity index (χ4v) is 4.11.